The van der Waals surface area contributed by atoms with Gasteiger partial charge in [-0.25, -0.2) is 4.79 Å². The maximum Gasteiger partial charge on any atom is 0.339 e. The Labute approximate surface area is 135 Å². The van der Waals surface area contributed by atoms with Crippen LogP contribution in [0.25, 0.3) is 0 Å². The smallest absolute Gasteiger partial charge is 0.339 e. The van der Waals surface area contributed by atoms with Crippen molar-refractivity contribution in [2.24, 2.45) is 5.92 Å². The molecule has 0 saturated heterocycles. The molecule has 0 aliphatic heterocycles. The zero-order valence-corrected chi connectivity index (χ0v) is 13.8. The van der Waals surface area contributed by atoms with Crippen LogP contribution < -0.4 is 4.90 Å². The number of nitrogens with zero attached hydrogens (tertiary/aromatic N) is 3. The summed E-state index contributed by atoms with van der Waals surface area (Å²) in [6.45, 7) is 4.92. The molecule has 0 fully saturated rings. The van der Waals surface area contributed by atoms with Gasteiger partial charge in [0.25, 0.3) is 5.91 Å². The number of benzene rings is 1. The molecular formula is C17H21N3O3. The van der Waals surface area contributed by atoms with Gasteiger partial charge in [-0.1, -0.05) is 26.0 Å². The van der Waals surface area contributed by atoms with Crippen molar-refractivity contribution in [2.45, 2.75) is 20.4 Å². The Morgan fingerprint density at radius 2 is 2.00 bits per heavy atom. The molecule has 0 saturated carbocycles. The molecule has 1 aromatic heterocycles. The molecule has 0 N–H and O–H groups in total. The van der Waals surface area contributed by atoms with Crippen LogP contribution >= 0.6 is 0 Å². The van der Waals surface area contributed by atoms with E-state index in [-0.39, 0.29) is 5.91 Å². The molecule has 1 heterocycles. The molecule has 0 aliphatic carbocycles. The Bertz CT molecular complexity index is 707. The highest BCUT2D eigenvalue weighted by atomic mass is 16.5. The molecule has 0 bridgehead atoms. The van der Waals surface area contributed by atoms with Crippen LogP contribution in [0.15, 0.2) is 36.7 Å². The monoisotopic (exact) mass is 315 g/mol. The number of hydrogen-bond donors (Lipinski definition) is 0. The highest BCUT2D eigenvalue weighted by Gasteiger charge is 2.21. The Morgan fingerprint density at radius 3 is 2.65 bits per heavy atom. The highest BCUT2D eigenvalue weighted by Crippen LogP contribution is 2.21. The van der Waals surface area contributed by atoms with Gasteiger partial charge < -0.3 is 9.64 Å². The van der Waals surface area contributed by atoms with Crippen LogP contribution in [0.3, 0.4) is 0 Å². The third kappa shape index (κ3) is 3.77. The zero-order valence-electron chi connectivity index (χ0n) is 13.8. The second kappa shape index (κ2) is 7.09. The molecule has 0 aliphatic rings. The van der Waals surface area contributed by atoms with Gasteiger partial charge in [0.2, 0.25) is 0 Å². The fourth-order valence-corrected chi connectivity index (χ4v) is 2.30. The van der Waals surface area contributed by atoms with Gasteiger partial charge in [0.05, 0.1) is 30.1 Å². The number of ether oxygens (including phenoxy) is 1. The minimum atomic E-state index is -0.476. The van der Waals surface area contributed by atoms with Crippen molar-refractivity contribution >= 4 is 17.6 Å². The number of aromatic nitrogens is 2. The summed E-state index contributed by atoms with van der Waals surface area (Å²) in [5.41, 5.74) is 1.33. The van der Waals surface area contributed by atoms with Crippen molar-refractivity contribution < 1.29 is 14.3 Å². The van der Waals surface area contributed by atoms with Crippen LogP contribution in [0, 0.1) is 5.92 Å². The Morgan fingerprint density at radius 1 is 1.30 bits per heavy atom. The predicted molar refractivity (Wildman–Crippen MR) is 87.6 cm³/mol. The zero-order chi connectivity index (χ0) is 17.0. The highest BCUT2D eigenvalue weighted by molar-refractivity contribution is 6.09. The summed E-state index contributed by atoms with van der Waals surface area (Å²) in [4.78, 5) is 25.9. The minimum absolute atomic E-state index is 0.226. The fraction of sp³-hybridized carbons (Fsp3) is 0.353. The number of amides is 1. The van der Waals surface area contributed by atoms with E-state index in [2.05, 4.69) is 18.9 Å². The molecular weight excluding hydrogens is 294 g/mol. The summed E-state index contributed by atoms with van der Waals surface area (Å²) in [7, 11) is 2.95. The lowest BCUT2D eigenvalue weighted by molar-refractivity contribution is 0.0601. The van der Waals surface area contributed by atoms with E-state index in [0.717, 1.165) is 6.54 Å². The van der Waals surface area contributed by atoms with E-state index in [1.807, 2.05) is 0 Å². The number of hydrogen-bond acceptors (Lipinski definition) is 4. The number of anilines is 1. The molecule has 0 radical (unpaired) electrons. The summed E-state index contributed by atoms with van der Waals surface area (Å²) < 4.78 is 6.52. The normalized spacial score (nSPS) is 10.7. The van der Waals surface area contributed by atoms with Crippen molar-refractivity contribution in [1.82, 2.24) is 9.78 Å². The number of esters is 1. The molecule has 0 unspecified atom stereocenters. The standard InChI is InChI=1S/C17H21N3O3/c1-12(2)10-20-11-13(9-18-20)16(21)19(3)15-8-6-5-7-14(15)17(22)23-4/h5-9,11-12H,10H2,1-4H3. The van der Waals surface area contributed by atoms with Crippen LogP contribution in [0.1, 0.15) is 34.6 Å². The molecule has 6 nitrogen and oxygen atoms in total. The van der Waals surface area contributed by atoms with E-state index in [1.165, 1.54) is 12.0 Å². The van der Waals surface area contributed by atoms with Gasteiger partial charge in [-0.05, 0) is 18.1 Å². The number of para-hydroxylation sites is 1. The first kappa shape index (κ1) is 16.7. The maximum atomic E-state index is 12.6. The van der Waals surface area contributed by atoms with Crippen molar-refractivity contribution in [3.63, 3.8) is 0 Å². The lowest BCUT2D eigenvalue weighted by atomic mass is 10.1. The summed E-state index contributed by atoms with van der Waals surface area (Å²) in [6, 6.07) is 6.85. The van der Waals surface area contributed by atoms with Crippen molar-refractivity contribution in [1.29, 1.82) is 0 Å². The first-order valence-corrected chi connectivity index (χ1v) is 7.42. The summed E-state index contributed by atoms with van der Waals surface area (Å²) in [5.74, 6) is -0.261. The molecule has 6 heteroatoms. The van der Waals surface area contributed by atoms with Gasteiger partial charge in [-0.2, -0.15) is 5.10 Å². The van der Waals surface area contributed by atoms with Crippen LogP contribution in [-0.2, 0) is 11.3 Å². The predicted octanol–water partition coefficient (Wildman–Crippen LogP) is 2.60. The summed E-state index contributed by atoms with van der Waals surface area (Å²) in [5, 5.41) is 4.20. The van der Waals surface area contributed by atoms with Crippen molar-refractivity contribution in [2.75, 3.05) is 19.1 Å². The SMILES string of the molecule is COC(=O)c1ccccc1N(C)C(=O)c1cnn(CC(C)C)c1. The molecule has 0 atom stereocenters. The Balaban J connectivity index is 2.26. The van der Waals surface area contributed by atoms with E-state index >= 15 is 0 Å². The van der Waals surface area contributed by atoms with Gasteiger partial charge >= 0.3 is 5.97 Å². The van der Waals surface area contributed by atoms with E-state index in [0.29, 0.717) is 22.7 Å². The van der Waals surface area contributed by atoms with E-state index < -0.39 is 5.97 Å². The number of methoxy groups -OCH3 is 1. The molecule has 122 valence electrons. The third-order valence-electron chi connectivity index (χ3n) is 3.41. The third-order valence-corrected chi connectivity index (χ3v) is 3.41. The number of rotatable bonds is 5. The molecule has 2 aromatic rings. The van der Waals surface area contributed by atoms with Crippen LogP contribution in [-0.4, -0.2) is 35.8 Å². The summed E-state index contributed by atoms with van der Waals surface area (Å²) in [6.07, 6.45) is 3.27. The number of carbonyl (C=O) groups is 2. The van der Waals surface area contributed by atoms with Gasteiger partial charge in [0.1, 0.15) is 0 Å². The van der Waals surface area contributed by atoms with Gasteiger partial charge in [0.15, 0.2) is 0 Å². The molecule has 2 rings (SSSR count). The summed E-state index contributed by atoms with van der Waals surface area (Å²) >= 11 is 0. The van der Waals surface area contributed by atoms with Gasteiger partial charge in [0, 0.05) is 19.8 Å². The quantitative estimate of drug-likeness (QED) is 0.796. The van der Waals surface area contributed by atoms with Crippen LogP contribution in [0.2, 0.25) is 0 Å². The molecule has 1 amide bonds. The average molecular weight is 315 g/mol. The van der Waals surface area contributed by atoms with E-state index in [1.54, 1.807) is 48.4 Å². The second-order valence-corrected chi connectivity index (χ2v) is 5.72. The fourth-order valence-electron chi connectivity index (χ4n) is 2.30. The van der Waals surface area contributed by atoms with E-state index in [9.17, 15) is 9.59 Å². The lowest BCUT2D eigenvalue weighted by Gasteiger charge is -2.19. The first-order chi connectivity index (χ1) is 10.9. The molecule has 0 spiro atoms. The minimum Gasteiger partial charge on any atom is -0.465 e. The van der Waals surface area contributed by atoms with Crippen LogP contribution in [0.4, 0.5) is 5.69 Å². The second-order valence-electron chi connectivity index (χ2n) is 5.72. The molecule has 1 aromatic carbocycles. The topological polar surface area (TPSA) is 64.4 Å². The first-order valence-electron chi connectivity index (χ1n) is 7.42. The Hall–Kier alpha value is -2.63. The van der Waals surface area contributed by atoms with Gasteiger partial charge in [-0.3, -0.25) is 9.48 Å². The lowest BCUT2D eigenvalue weighted by Crippen LogP contribution is -2.27. The largest absolute Gasteiger partial charge is 0.465 e. The van der Waals surface area contributed by atoms with Crippen molar-refractivity contribution in [3.05, 3.63) is 47.8 Å². The Kier molecular flexibility index (Phi) is 5.16. The molecule has 23 heavy (non-hydrogen) atoms. The average Bonchev–Trinajstić information content (AvgIpc) is 3.00. The maximum absolute atomic E-state index is 12.6. The van der Waals surface area contributed by atoms with E-state index in [4.69, 9.17) is 4.74 Å². The van der Waals surface area contributed by atoms with Gasteiger partial charge in [-0.15, -0.1) is 0 Å². The van der Waals surface area contributed by atoms with Crippen LogP contribution in [0.5, 0.6) is 0 Å². The number of carbonyl (C=O) groups excluding carboxylic acids is 2. The van der Waals surface area contributed by atoms with Crippen molar-refractivity contribution in [3.8, 4) is 0 Å².